The molecule has 2 fully saturated rings. The lowest BCUT2D eigenvalue weighted by Gasteiger charge is -2.48. The molecule has 2 atom stereocenters. The van der Waals surface area contributed by atoms with Crippen molar-refractivity contribution in [3.63, 3.8) is 0 Å². The Balaban J connectivity index is 0.000000751. The van der Waals surface area contributed by atoms with E-state index in [0.29, 0.717) is 31.4 Å². The third-order valence-electron chi connectivity index (χ3n) is 6.42. The average Bonchev–Trinajstić information content (AvgIpc) is 3.21. The zero-order valence-corrected chi connectivity index (χ0v) is 20.8. The minimum absolute atomic E-state index is 0.226. The number of alkyl halides is 1. The quantitative estimate of drug-likeness (QED) is 0.664. The number of carboxylic acids is 1. The molecule has 3 aliphatic heterocycles. The average molecular weight is 496 g/mol. The molecule has 1 aromatic carbocycles. The van der Waals surface area contributed by atoms with Gasteiger partial charge in [-0.25, -0.2) is 4.39 Å². The Morgan fingerprint density at radius 2 is 1.88 bits per heavy atom. The first-order chi connectivity index (χ1) is 16.0. The Labute approximate surface area is 205 Å². The molecule has 10 heteroatoms. The number of hydrogen-bond donors (Lipinski definition) is 2. The van der Waals surface area contributed by atoms with Crippen molar-refractivity contribution in [1.82, 2.24) is 9.80 Å². The molecule has 0 aromatic heterocycles. The van der Waals surface area contributed by atoms with Crippen molar-refractivity contribution in [3.8, 4) is 0 Å². The molecule has 0 bridgehead atoms. The number of rotatable bonds is 4. The number of likely N-dealkylation sites (tertiary alicyclic amines) is 1. The molecule has 0 radical (unpaired) electrons. The Morgan fingerprint density at radius 1 is 1.26 bits per heavy atom. The predicted octanol–water partition coefficient (Wildman–Crippen LogP) is 3.33. The van der Waals surface area contributed by atoms with Crippen molar-refractivity contribution in [2.75, 3.05) is 26.2 Å². The molecule has 0 saturated carbocycles. The highest BCUT2D eigenvalue weighted by Crippen LogP contribution is 2.30. The monoisotopic (exact) mass is 495 g/mol. The van der Waals surface area contributed by atoms with E-state index < -0.39 is 17.7 Å². The zero-order valence-electron chi connectivity index (χ0n) is 20.1. The number of halogens is 2. The van der Waals surface area contributed by atoms with Crippen LogP contribution in [0.25, 0.3) is 0 Å². The molecule has 3 aliphatic rings. The summed E-state index contributed by atoms with van der Waals surface area (Å²) in [4.78, 5) is 13.8. The minimum Gasteiger partial charge on any atom is -0.481 e. The summed E-state index contributed by atoms with van der Waals surface area (Å²) >= 11 is 6.04. The smallest absolute Gasteiger partial charge is 0.300 e. The third kappa shape index (κ3) is 7.38. The lowest BCUT2D eigenvalue weighted by molar-refractivity contribution is -0.134. The minimum atomic E-state index is -1.36. The normalized spacial score (nSPS) is 24.2. The molecule has 34 heavy (non-hydrogen) atoms. The Hall–Kier alpha value is -2.23. The SMILES string of the molecule is CC(=O)O.CC(C)(F)[C@H]1CN(C2CCN(C3=NN=C(N)C3)CC2)[C@@H](Cc2ccc(Cl)cc2)CO1. The van der Waals surface area contributed by atoms with Gasteiger partial charge in [-0.3, -0.25) is 9.69 Å². The number of nitrogens with two attached hydrogens (primary N) is 1. The molecule has 0 spiro atoms. The fourth-order valence-electron chi connectivity index (χ4n) is 4.63. The fourth-order valence-corrected chi connectivity index (χ4v) is 4.76. The van der Waals surface area contributed by atoms with Crippen LogP contribution < -0.4 is 5.73 Å². The summed E-state index contributed by atoms with van der Waals surface area (Å²) in [6, 6.07) is 8.60. The molecular formula is C24H35ClFN5O3. The molecular weight excluding hydrogens is 461 g/mol. The highest BCUT2D eigenvalue weighted by atomic mass is 35.5. The van der Waals surface area contributed by atoms with Crippen molar-refractivity contribution in [3.05, 3.63) is 34.9 Å². The number of nitrogens with zero attached hydrogens (tertiary/aromatic N) is 4. The number of carbonyl (C=O) groups is 1. The Bertz CT molecular complexity index is 891. The second kappa shape index (κ2) is 11.5. The van der Waals surface area contributed by atoms with Gasteiger partial charge in [0, 0.05) is 43.7 Å². The Morgan fingerprint density at radius 3 is 2.41 bits per heavy atom. The molecule has 3 N–H and O–H groups in total. The summed E-state index contributed by atoms with van der Waals surface area (Å²) in [5, 5.41) is 16.3. The van der Waals surface area contributed by atoms with Crippen molar-refractivity contribution in [1.29, 1.82) is 0 Å². The van der Waals surface area contributed by atoms with Gasteiger partial charge in [-0.05, 0) is 50.8 Å². The summed E-state index contributed by atoms with van der Waals surface area (Å²) in [5.74, 6) is 0.713. The van der Waals surface area contributed by atoms with Gasteiger partial charge in [0.2, 0.25) is 0 Å². The molecule has 0 unspecified atom stereocenters. The number of benzene rings is 1. The van der Waals surface area contributed by atoms with Crippen LogP contribution in [0.1, 0.15) is 45.6 Å². The van der Waals surface area contributed by atoms with Gasteiger partial charge in [0.15, 0.2) is 0 Å². The van der Waals surface area contributed by atoms with Crippen LogP contribution in [0.4, 0.5) is 4.39 Å². The van der Waals surface area contributed by atoms with Gasteiger partial charge in [-0.15, -0.1) is 10.2 Å². The summed E-state index contributed by atoms with van der Waals surface area (Å²) in [5.41, 5.74) is 5.64. The van der Waals surface area contributed by atoms with Gasteiger partial charge in [-0.2, -0.15) is 0 Å². The lowest BCUT2D eigenvalue weighted by Crippen LogP contribution is -2.60. The van der Waals surface area contributed by atoms with Crippen LogP contribution in [-0.2, 0) is 16.0 Å². The fraction of sp³-hybridized carbons (Fsp3) is 0.625. The van der Waals surface area contributed by atoms with E-state index in [1.807, 2.05) is 12.1 Å². The van der Waals surface area contributed by atoms with E-state index in [0.717, 1.165) is 50.1 Å². The number of aliphatic carboxylic acids is 1. The molecule has 0 aliphatic carbocycles. The van der Waals surface area contributed by atoms with Crippen LogP contribution in [0.3, 0.4) is 0 Å². The first-order valence-corrected chi connectivity index (χ1v) is 12.0. The Kier molecular flexibility index (Phi) is 8.89. The van der Waals surface area contributed by atoms with E-state index in [4.69, 9.17) is 32.0 Å². The summed E-state index contributed by atoms with van der Waals surface area (Å²) in [7, 11) is 0. The van der Waals surface area contributed by atoms with Crippen molar-refractivity contribution >= 4 is 29.2 Å². The first kappa shape index (κ1) is 26.4. The van der Waals surface area contributed by atoms with Crippen LogP contribution in [0, 0.1) is 0 Å². The van der Waals surface area contributed by atoms with Crippen LogP contribution in [0.5, 0.6) is 0 Å². The van der Waals surface area contributed by atoms with Gasteiger partial charge >= 0.3 is 0 Å². The largest absolute Gasteiger partial charge is 0.481 e. The van der Waals surface area contributed by atoms with Gasteiger partial charge < -0.3 is 20.5 Å². The summed E-state index contributed by atoms with van der Waals surface area (Å²) < 4.78 is 20.7. The predicted molar refractivity (Wildman–Crippen MR) is 132 cm³/mol. The lowest BCUT2D eigenvalue weighted by atomic mass is 9.93. The molecule has 0 amide bonds. The number of hydrogen-bond acceptors (Lipinski definition) is 7. The standard InChI is InChI=1S/C22H31ClFN5O.C2H4O2/c1-22(2,24)19-13-29(18(14-30-19)11-15-3-5-16(23)6-4-15)17-7-9-28(10-8-17)21-12-20(25)26-27-21;1-2(3)4/h3-6,17-19H,7-14H2,1-2H3,(H2,25,26);1H3,(H,3,4)/t18-,19+;/m0./s1. The van der Waals surface area contributed by atoms with E-state index >= 15 is 0 Å². The number of carboxylic acid groups (broad SMARTS) is 1. The van der Waals surface area contributed by atoms with E-state index in [9.17, 15) is 4.39 Å². The van der Waals surface area contributed by atoms with Crippen LogP contribution >= 0.6 is 11.6 Å². The number of ether oxygens (including phenoxy) is 1. The maximum atomic E-state index is 14.7. The number of morpholine rings is 1. The summed E-state index contributed by atoms with van der Waals surface area (Å²) in [6.45, 7) is 7.30. The van der Waals surface area contributed by atoms with Gasteiger partial charge in [-0.1, -0.05) is 23.7 Å². The maximum Gasteiger partial charge on any atom is 0.300 e. The molecule has 188 valence electrons. The molecule has 8 nitrogen and oxygen atoms in total. The summed E-state index contributed by atoms with van der Waals surface area (Å²) in [6.07, 6.45) is 3.11. The van der Waals surface area contributed by atoms with E-state index in [1.165, 1.54) is 5.56 Å². The second-order valence-electron chi connectivity index (χ2n) is 9.59. The second-order valence-corrected chi connectivity index (χ2v) is 10.0. The van der Waals surface area contributed by atoms with Gasteiger partial charge in [0.25, 0.3) is 5.97 Å². The number of amidine groups is 2. The van der Waals surface area contributed by atoms with Crippen molar-refractivity contribution in [2.45, 2.75) is 70.3 Å². The van der Waals surface area contributed by atoms with Crippen LogP contribution in [0.15, 0.2) is 34.5 Å². The van der Waals surface area contributed by atoms with E-state index in [-0.39, 0.29) is 6.04 Å². The number of piperidine rings is 1. The molecule has 3 heterocycles. The van der Waals surface area contributed by atoms with Gasteiger partial charge in [0.1, 0.15) is 23.4 Å². The van der Waals surface area contributed by atoms with E-state index in [2.05, 4.69) is 32.1 Å². The molecule has 2 saturated heterocycles. The van der Waals surface area contributed by atoms with Crippen LogP contribution in [-0.4, -0.2) is 82.6 Å². The topological polar surface area (TPSA) is 104 Å². The third-order valence-corrected chi connectivity index (χ3v) is 6.67. The van der Waals surface area contributed by atoms with Crippen LogP contribution in [0.2, 0.25) is 5.02 Å². The van der Waals surface area contributed by atoms with E-state index in [1.54, 1.807) is 13.8 Å². The first-order valence-electron chi connectivity index (χ1n) is 11.7. The zero-order chi connectivity index (χ0) is 24.9. The molecule has 4 rings (SSSR count). The van der Waals surface area contributed by atoms with Gasteiger partial charge in [0.05, 0.1) is 13.0 Å². The maximum absolute atomic E-state index is 14.7. The molecule has 1 aromatic rings. The van der Waals surface area contributed by atoms with Crippen molar-refractivity contribution < 1.29 is 19.0 Å². The van der Waals surface area contributed by atoms with Crippen molar-refractivity contribution in [2.24, 2.45) is 15.9 Å². The highest BCUT2D eigenvalue weighted by Gasteiger charge is 2.41. The highest BCUT2D eigenvalue weighted by molar-refractivity contribution is 6.30.